The molecule has 0 radical (unpaired) electrons. The van der Waals surface area contributed by atoms with Gasteiger partial charge in [0.05, 0.1) is 37.8 Å². The Morgan fingerprint density at radius 3 is 2.85 bits per heavy atom. The number of aliphatic imine (C=N–C) groups is 1. The first-order valence-corrected chi connectivity index (χ1v) is 11.7. The van der Waals surface area contributed by atoms with Gasteiger partial charge < -0.3 is 20.5 Å². The molecule has 4 rings (SSSR count). The summed E-state index contributed by atoms with van der Waals surface area (Å²) in [6.45, 7) is 6.72. The Labute approximate surface area is 204 Å². The van der Waals surface area contributed by atoms with E-state index in [1.807, 2.05) is 32.9 Å². The van der Waals surface area contributed by atoms with Gasteiger partial charge in [0.15, 0.2) is 5.96 Å². The normalized spacial score (nSPS) is 19.1. The Bertz CT molecular complexity index is 1150. The number of fused-ring (bicyclic) bond motifs is 1. The van der Waals surface area contributed by atoms with Crippen LogP contribution < -0.4 is 20.5 Å². The molecule has 0 saturated carbocycles. The van der Waals surface area contributed by atoms with Gasteiger partial charge in [-0.15, -0.1) is 0 Å². The first kappa shape index (κ1) is 23.9. The van der Waals surface area contributed by atoms with E-state index < -0.39 is 5.54 Å². The third kappa shape index (κ3) is 5.12. The highest BCUT2D eigenvalue weighted by atomic mass is 35.5. The largest absolute Gasteiger partial charge is 0.494 e. The topological polar surface area (TPSA) is 106 Å². The number of carbonyl (C=O) groups is 2. The third-order valence-electron chi connectivity index (χ3n) is 5.85. The molecule has 0 saturated heterocycles. The zero-order valence-corrected chi connectivity index (χ0v) is 20.3. The monoisotopic (exact) mass is 484 g/mol. The van der Waals surface area contributed by atoms with Gasteiger partial charge in [0.25, 0.3) is 5.91 Å². The van der Waals surface area contributed by atoms with Crippen LogP contribution in [-0.4, -0.2) is 41.4 Å². The van der Waals surface area contributed by atoms with Crippen molar-refractivity contribution < 1.29 is 19.1 Å². The van der Waals surface area contributed by atoms with Gasteiger partial charge in [0, 0.05) is 28.1 Å². The molecule has 2 aliphatic rings. The summed E-state index contributed by atoms with van der Waals surface area (Å²) in [6, 6.07) is 10.4. The molecule has 1 atom stereocenters. The maximum atomic E-state index is 13.2. The molecule has 34 heavy (non-hydrogen) atoms. The molecule has 0 fully saturated rings. The summed E-state index contributed by atoms with van der Waals surface area (Å²) in [5.41, 5.74) is 7.55. The van der Waals surface area contributed by atoms with Crippen molar-refractivity contribution in [3.05, 3.63) is 58.1 Å². The van der Waals surface area contributed by atoms with Crippen LogP contribution in [0.1, 0.15) is 61.1 Å². The predicted octanol–water partition coefficient (Wildman–Crippen LogP) is 3.82. The summed E-state index contributed by atoms with van der Waals surface area (Å²) in [4.78, 5) is 31.8. The van der Waals surface area contributed by atoms with Gasteiger partial charge in [-0.25, -0.2) is 4.99 Å². The van der Waals surface area contributed by atoms with E-state index in [1.165, 1.54) is 4.90 Å². The third-order valence-corrected chi connectivity index (χ3v) is 6.08. The van der Waals surface area contributed by atoms with Gasteiger partial charge in [0.1, 0.15) is 11.5 Å². The fourth-order valence-electron chi connectivity index (χ4n) is 4.24. The molecular formula is C25H29ClN4O4. The Balaban J connectivity index is 1.58. The molecule has 3 N–H and O–H groups in total. The SMILES string of the molecule is CCOc1ccc(C(=O)NC2CCOc3ccc(Cl)cc32)cc1CN1C(=O)CC(C)(C)N=C1N. The average molecular weight is 485 g/mol. The van der Waals surface area contributed by atoms with Gasteiger partial charge in [0.2, 0.25) is 5.91 Å². The van der Waals surface area contributed by atoms with Crippen LogP contribution in [0.3, 0.4) is 0 Å². The Hall–Kier alpha value is -3.26. The summed E-state index contributed by atoms with van der Waals surface area (Å²) in [5, 5.41) is 3.67. The standard InChI is InChI=1S/C25H29ClN4O4/c1-4-33-20-7-5-15(11-16(20)14-30-22(31)13-25(2,3)29-24(30)27)23(32)28-19-9-10-34-21-8-6-17(26)12-18(19)21/h5-8,11-12,19H,4,9-10,13-14H2,1-3H3,(H2,27,29)(H,28,32). The first-order chi connectivity index (χ1) is 16.2. The molecule has 9 heteroatoms. The van der Waals surface area contributed by atoms with E-state index in [0.717, 1.165) is 11.3 Å². The van der Waals surface area contributed by atoms with Crippen LogP contribution in [0.4, 0.5) is 0 Å². The highest BCUT2D eigenvalue weighted by molar-refractivity contribution is 6.30. The van der Waals surface area contributed by atoms with E-state index in [-0.39, 0.29) is 36.8 Å². The molecule has 180 valence electrons. The summed E-state index contributed by atoms with van der Waals surface area (Å²) >= 11 is 6.16. The van der Waals surface area contributed by atoms with E-state index in [4.69, 9.17) is 26.8 Å². The molecule has 0 spiro atoms. The first-order valence-electron chi connectivity index (χ1n) is 11.3. The molecule has 0 aromatic heterocycles. The second-order valence-corrected chi connectivity index (χ2v) is 9.48. The number of nitrogens with one attached hydrogen (secondary N) is 1. The number of amides is 2. The number of benzene rings is 2. The number of hydrogen-bond donors (Lipinski definition) is 2. The lowest BCUT2D eigenvalue weighted by Gasteiger charge is -2.33. The second-order valence-electron chi connectivity index (χ2n) is 9.04. The quantitative estimate of drug-likeness (QED) is 0.648. The predicted molar refractivity (Wildman–Crippen MR) is 130 cm³/mol. The van der Waals surface area contributed by atoms with Gasteiger partial charge in [-0.2, -0.15) is 0 Å². The van der Waals surface area contributed by atoms with E-state index in [1.54, 1.807) is 24.3 Å². The molecule has 2 aromatic rings. The number of nitrogens with zero attached hydrogens (tertiary/aromatic N) is 2. The Morgan fingerprint density at radius 2 is 2.12 bits per heavy atom. The summed E-state index contributed by atoms with van der Waals surface area (Å²) < 4.78 is 11.4. The highest BCUT2D eigenvalue weighted by Crippen LogP contribution is 2.34. The molecule has 0 aliphatic carbocycles. The summed E-state index contributed by atoms with van der Waals surface area (Å²) in [7, 11) is 0. The zero-order chi connectivity index (χ0) is 24.5. The molecule has 2 aliphatic heterocycles. The lowest BCUT2D eigenvalue weighted by Crippen LogP contribution is -2.49. The molecule has 2 amide bonds. The van der Waals surface area contributed by atoms with Crippen LogP contribution >= 0.6 is 11.6 Å². The van der Waals surface area contributed by atoms with Crippen LogP contribution in [0.25, 0.3) is 0 Å². The summed E-state index contributed by atoms with van der Waals surface area (Å²) in [5.74, 6) is 1.11. The lowest BCUT2D eigenvalue weighted by molar-refractivity contribution is -0.129. The molecule has 1 unspecified atom stereocenters. The molecule has 2 aromatic carbocycles. The molecule has 2 heterocycles. The van der Waals surface area contributed by atoms with Crippen LogP contribution in [0.2, 0.25) is 5.02 Å². The smallest absolute Gasteiger partial charge is 0.251 e. The van der Waals surface area contributed by atoms with Crippen molar-refractivity contribution in [2.24, 2.45) is 10.7 Å². The molecular weight excluding hydrogens is 456 g/mol. The molecule has 8 nitrogen and oxygen atoms in total. The van der Waals surface area contributed by atoms with Gasteiger partial charge in [-0.1, -0.05) is 11.6 Å². The van der Waals surface area contributed by atoms with E-state index in [0.29, 0.717) is 41.5 Å². The van der Waals surface area contributed by atoms with Crippen LogP contribution in [0.15, 0.2) is 41.4 Å². The fourth-order valence-corrected chi connectivity index (χ4v) is 4.42. The van der Waals surface area contributed by atoms with Crippen molar-refractivity contribution >= 4 is 29.4 Å². The van der Waals surface area contributed by atoms with Crippen molar-refractivity contribution in [1.82, 2.24) is 10.2 Å². The number of carbonyl (C=O) groups excluding carboxylic acids is 2. The zero-order valence-electron chi connectivity index (χ0n) is 19.6. The number of halogens is 1. The second kappa shape index (κ2) is 9.54. The summed E-state index contributed by atoms with van der Waals surface area (Å²) in [6.07, 6.45) is 0.887. The maximum Gasteiger partial charge on any atom is 0.251 e. The van der Waals surface area contributed by atoms with Crippen LogP contribution in [0.5, 0.6) is 11.5 Å². The van der Waals surface area contributed by atoms with Crippen molar-refractivity contribution in [2.75, 3.05) is 13.2 Å². The Morgan fingerprint density at radius 1 is 1.32 bits per heavy atom. The number of nitrogens with two attached hydrogens (primary N) is 1. The van der Waals surface area contributed by atoms with E-state index >= 15 is 0 Å². The van der Waals surface area contributed by atoms with E-state index in [9.17, 15) is 9.59 Å². The highest BCUT2D eigenvalue weighted by Gasteiger charge is 2.33. The van der Waals surface area contributed by atoms with Gasteiger partial charge >= 0.3 is 0 Å². The van der Waals surface area contributed by atoms with Gasteiger partial charge in [-0.05, 0) is 57.2 Å². The number of rotatable bonds is 6. The maximum absolute atomic E-state index is 13.2. The number of hydrogen-bond acceptors (Lipinski definition) is 6. The van der Waals surface area contributed by atoms with Crippen molar-refractivity contribution in [1.29, 1.82) is 0 Å². The van der Waals surface area contributed by atoms with Crippen molar-refractivity contribution in [3.8, 4) is 11.5 Å². The lowest BCUT2D eigenvalue weighted by atomic mass is 9.98. The minimum atomic E-state index is -0.537. The minimum absolute atomic E-state index is 0.120. The molecule has 0 bridgehead atoms. The van der Waals surface area contributed by atoms with E-state index in [2.05, 4.69) is 10.3 Å². The fraction of sp³-hybridized carbons (Fsp3) is 0.400. The van der Waals surface area contributed by atoms with Crippen LogP contribution in [0, 0.1) is 0 Å². The van der Waals surface area contributed by atoms with Crippen molar-refractivity contribution in [3.63, 3.8) is 0 Å². The minimum Gasteiger partial charge on any atom is -0.494 e. The van der Waals surface area contributed by atoms with Crippen LogP contribution in [-0.2, 0) is 11.3 Å². The number of ether oxygens (including phenoxy) is 2. The Kier molecular flexibility index (Phi) is 6.70. The van der Waals surface area contributed by atoms with Crippen molar-refractivity contribution in [2.45, 2.75) is 51.7 Å². The average Bonchev–Trinajstić information content (AvgIpc) is 2.77. The number of guanidine groups is 1. The van der Waals surface area contributed by atoms with Gasteiger partial charge in [-0.3, -0.25) is 14.5 Å².